The highest BCUT2D eigenvalue weighted by atomic mass is 16.5. The summed E-state index contributed by atoms with van der Waals surface area (Å²) in [4.78, 5) is 34.2. The molecule has 0 spiro atoms. The molecular formula is C28H40N4O4. The van der Waals surface area contributed by atoms with E-state index in [4.69, 9.17) is 15.2 Å². The Labute approximate surface area is 214 Å². The van der Waals surface area contributed by atoms with E-state index in [1.54, 1.807) is 4.90 Å². The Bertz CT molecular complexity index is 1030. The Hall–Kier alpha value is -2.87. The minimum Gasteiger partial charge on any atom is -0.490 e. The number of piperidine rings is 1. The van der Waals surface area contributed by atoms with Crippen LogP contribution in [0.25, 0.3) is 0 Å². The fraction of sp³-hybridized carbons (Fsp3) is 0.607. The van der Waals surface area contributed by atoms with Crippen molar-refractivity contribution in [1.82, 2.24) is 9.80 Å². The van der Waals surface area contributed by atoms with Crippen LogP contribution in [0.15, 0.2) is 34.5 Å². The molecule has 36 heavy (non-hydrogen) atoms. The molecule has 2 heterocycles. The molecule has 1 aromatic carbocycles. The maximum atomic E-state index is 13.1. The molecule has 0 bridgehead atoms. The van der Waals surface area contributed by atoms with E-state index in [1.807, 2.05) is 30.9 Å². The number of likely N-dealkylation sites (tertiary alicyclic amines) is 1. The molecular weight excluding hydrogens is 456 g/mol. The molecule has 2 saturated heterocycles. The molecule has 2 N–H and O–H groups in total. The van der Waals surface area contributed by atoms with E-state index in [9.17, 15) is 9.59 Å². The Morgan fingerprint density at radius 1 is 1.08 bits per heavy atom. The Morgan fingerprint density at radius 3 is 2.47 bits per heavy atom. The molecule has 8 nitrogen and oxygen atoms in total. The van der Waals surface area contributed by atoms with Gasteiger partial charge in [0.2, 0.25) is 5.91 Å². The summed E-state index contributed by atoms with van der Waals surface area (Å²) in [6.45, 7) is 10.6. The van der Waals surface area contributed by atoms with Crippen LogP contribution in [0.3, 0.4) is 0 Å². The van der Waals surface area contributed by atoms with Crippen molar-refractivity contribution in [3.8, 4) is 5.75 Å². The number of morpholine rings is 1. The van der Waals surface area contributed by atoms with Crippen LogP contribution < -0.4 is 10.5 Å². The molecule has 2 amide bonds. The second kappa shape index (κ2) is 11.5. The van der Waals surface area contributed by atoms with Gasteiger partial charge < -0.3 is 25.0 Å². The number of aliphatic imine (C=N–C) groups is 1. The lowest BCUT2D eigenvalue weighted by Crippen LogP contribution is -2.49. The van der Waals surface area contributed by atoms with Gasteiger partial charge in [0.25, 0.3) is 5.91 Å². The lowest BCUT2D eigenvalue weighted by atomic mass is 10.1. The fourth-order valence-corrected chi connectivity index (χ4v) is 5.35. The fourth-order valence-electron chi connectivity index (χ4n) is 5.35. The van der Waals surface area contributed by atoms with Gasteiger partial charge in [0.1, 0.15) is 24.1 Å². The summed E-state index contributed by atoms with van der Waals surface area (Å²) >= 11 is 0. The first-order valence-electron chi connectivity index (χ1n) is 13.2. The van der Waals surface area contributed by atoms with Crippen LogP contribution in [0.4, 0.5) is 0 Å². The van der Waals surface area contributed by atoms with E-state index in [0.717, 1.165) is 49.1 Å². The highest BCUT2D eigenvalue weighted by Gasteiger charge is 2.30. The van der Waals surface area contributed by atoms with Gasteiger partial charge in [-0.25, -0.2) is 0 Å². The average molecular weight is 497 g/mol. The minimum atomic E-state index is -0.154. The van der Waals surface area contributed by atoms with Gasteiger partial charge in [-0.15, -0.1) is 0 Å². The number of carbonyl (C=O) groups excluding carboxylic acids is 2. The predicted molar refractivity (Wildman–Crippen MR) is 140 cm³/mol. The second-order valence-corrected chi connectivity index (χ2v) is 10.4. The van der Waals surface area contributed by atoms with Crippen molar-refractivity contribution < 1.29 is 19.1 Å². The summed E-state index contributed by atoms with van der Waals surface area (Å²) < 4.78 is 12.0. The summed E-state index contributed by atoms with van der Waals surface area (Å²) in [5.41, 5.74) is 10.6. The summed E-state index contributed by atoms with van der Waals surface area (Å²) in [6, 6.07) is 6.12. The number of hydrogen-bond acceptors (Lipinski definition) is 6. The Morgan fingerprint density at radius 2 is 1.78 bits per heavy atom. The van der Waals surface area contributed by atoms with Crippen molar-refractivity contribution in [2.75, 3.05) is 32.7 Å². The third-order valence-electron chi connectivity index (χ3n) is 7.50. The molecule has 3 fully saturated rings. The van der Waals surface area contributed by atoms with Gasteiger partial charge in [0, 0.05) is 50.3 Å². The summed E-state index contributed by atoms with van der Waals surface area (Å²) in [5.74, 6) is 0.790. The highest BCUT2D eigenvalue weighted by molar-refractivity contribution is 6.09. The topological polar surface area (TPSA) is 97.5 Å². The van der Waals surface area contributed by atoms with Crippen LogP contribution in [0.5, 0.6) is 5.75 Å². The first-order valence-corrected chi connectivity index (χ1v) is 13.2. The van der Waals surface area contributed by atoms with Crippen LogP contribution in [0.2, 0.25) is 0 Å². The molecule has 0 aromatic heterocycles. The number of rotatable bonds is 5. The van der Waals surface area contributed by atoms with E-state index in [-0.39, 0.29) is 42.4 Å². The molecule has 1 aromatic rings. The maximum Gasteiger partial charge on any atom is 0.270 e. The molecule has 2 aliphatic heterocycles. The van der Waals surface area contributed by atoms with Gasteiger partial charge in [-0.1, -0.05) is 12.1 Å². The zero-order valence-electron chi connectivity index (χ0n) is 22.1. The number of benzene rings is 1. The predicted octanol–water partition coefficient (Wildman–Crippen LogP) is 3.15. The Balaban J connectivity index is 1.32. The molecule has 4 rings (SSSR count). The third kappa shape index (κ3) is 6.09. The minimum absolute atomic E-state index is 0.0136. The molecule has 3 aliphatic rings. The van der Waals surface area contributed by atoms with Crippen molar-refractivity contribution in [2.45, 2.75) is 78.1 Å². The van der Waals surface area contributed by atoms with Crippen molar-refractivity contribution >= 4 is 17.5 Å². The summed E-state index contributed by atoms with van der Waals surface area (Å²) in [6.07, 6.45) is 4.06. The van der Waals surface area contributed by atoms with Crippen molar-refractivity contribution in [3.63, 3.8) is 0 Å². The van der Waals surface area contributed by atoms with Crippen LogP contribution in [-0.4, -0.2) is 78.4 Å². The average Bonchev–Trinajstić information content (AvgIpc) is 3.33. The largest absolute Gasteiger partial charge is 0.490 e. The number of hydrogen-bond donors (Lipinski definition) is 1. The van der Waals surface area contributed by atoms with E-state index in [2.05, 4.69) is 24.9 Å². The van der Waals surface area contributed by atoms with Gasteiger partial charge in [-0.05, 0) is 64.2 Å². The summed E-state index contributed by atoms with van der Waals surface area (Å²) in [5, 5.41) is 0. The second-order valence-electron chi connectivity index (χ2n) is 10.4. The molecule has 0 radical (unpaired) electrons. The van der Waals surface area contributed by atoms with Gasteiger partial charge in [-0.3, -0.25) is 14.6 Å². The number of amides is 2. The molecule has 1 aliphatic carbocycles. The van der Waals surface area contributed by atoms with Crippen LogP contribution >= 0.6 is 0 Å². The van der Waals surface area contributed by atoms with E-state index < -0.39 is 0 Å². The molecule has 2 atom stereocenters. The van der Waals surface area contributed by atoms with Gasteiger partial charge in [0.15, 0.2) is 0 Å². The van der Waals surface area contributed by atoms with Crippen LogP contribution in [0, 0.1) is 13.8 Å². The molecule has 196 valence electrons. The first kappa shape index (κ1) is 26.2. The van der Waals surface area contributed by atoms with Crippen molar-refractivity contribution in [1.29, 1.82) is 0 Å². The van der Waals surface area contributed by atoms with Crippen LogP contribution in [0.1, 0.15) is 57.1 Å². The Kier molecular flexibility index (Phi) is 8.34. The lowest BCUT2D eigenvalue weighted by Gasteiger charge is -2.35. The molecule has 1 saturated carbocycles. The molecule has 8 heteroatoms. The number of nitrogens with two attached hydrogens (primary N) is 1. The zero-order chi connectivity index (χ0) is 25.8. The summed E-state index contributed by atoms with van der Waals surface area (Å²) in [7, 11) is 0. The number of carbonyl (C=O) groups is 2. The monoisotopic (exact) mass is 496 g/mol. The lowest BCUT2D eigenvalue weighted by molar-refractivity contribution is -0.139. The zero-order valence-corrected chi connectivity index (χ0v) is 22.1. The first-order chi connectivity index (χ1) is 17.2. The standard InChI is InChI=1S/C28H40N4O4/c1-18-7-5-10-25(21(18)4)36-22-11-13-31(14-12-22)26(33)15-30-24-9-6-8-23(24)27(29)28(34)32-16-19(2)35-20(3)17-32/h5,7,10,19-20,22H,6,8-9,11-17,29H2,1-4H3/b27-23-,30-24?/t19-,20+. The van der Waals surface area contributed by atoms with E-state index in [1.165, 1.54) is 11.1 Å². The van der Waals surface area contributed by atoms with Gasteiger partial charge in [-0.2, -0.15) is 0 Å². The van der Waals surface area contributed by atoms with Crippen molar-refractivity contribution in [2.24, 2.45) is 10.7 Å². The third-order valence-corrected chi connectivity index (χ3v) is 7.50. The van der Waals surface area contributed by atoms with E-state index in [0.29, 0.717) is 26.2 Å². The SMILES string of the molecule is Cc1cccc(OC2CCN(C(=O)CN=C3CCC/C3=C(/N)C(=O)N3C[C@@H](C)O[C@@H](C)C3)CC2)c1C. The number of aryl methyl sites for hydroxylation is 1. The van der Waals surface area contributed by atoms with Gasteiger partial charge >= 0.3 is 0 Å². The number of nitrogens with zero attached hydrogens (tertiary/aromatic N) is 3. The number of allylic oxidation sites excluding steroid dienone is 1. The van der Waals surface area contributed by atoms with Crippen LogP contribution in [-0.2, 0) is 14.3 Å². The highest BCUT2D eigenvalue weighted by Crippen LogP contribution is 2.27. The quantitative estimate of drug-likeness (QED) is 0.632. The smallest absolute Gasteiger partial charge is 0.270 e. The molecule has 0 unspecified atom stereocenters. The maximum absolute atomic E-state index is 13.1. The van der Waals surface area contributed by atoms with Gasteiger partial charge in [0.05, 0.1) is 12.2 Å². The van der Waals surface area contributed by atoms with E-state index >= 15 is 0 Å². The number of ether oxygens (including phenoxy) is 2. The van der Waals surface area contributed by atoms with Crippen molar-refractivity contribution in [3.05, 3.63) is 40.6 Å². The normalized spacial score (nSPS) is 25.8.